The van der Waals surface area contributed by atoms with Gasteiger partial charge in [0.25, 0.3) is 0 Å². The zero-order chi connectivity index (χ0) is 27.9. The van der Waals surface area contributed by atoms with Crippen molar-refractivity contribution < 1.29 is 0 Å². The van der Waals surface area contributed by atoms with E-state index in [0.717, 1.165) is 59.8 Å². The minimum Gasteiger partial charge on any atom is -0.341 e. The van der Waals surface area contributed by atoms with Crippen molar-refractivity contribution in [2.75, 3.05) is 0 Å². The largest absolute Gasteiger partial charge is 0.341 e. The third kappa shape index (κ3) is 3.52. The Balaban J connectivity index is 1.13. The van der Waals surface area contributed by atoms with Crippen LogP contribution >= 0.6 is 22.7 Å². The summed E-state index contributed by atoms with van der Waals surface area (Å²) in [6.45, 7) is 6.43. The van der Waals surface area contributed by atoms with Crippen LogP contribution in [0.1, 0.15) is 39.5 Å². The molecule has 0 spiro atoms. The molecule has 4 aromatic heterocycles. The Morgan fingerprint density at radius 1 is 0.595 bits per heavy atom. The lowest BCUT2D eigenvalue weighted by molar-refractivity contribution is 0.766. The van der Waals surface area contributed by atoms with Gasteiger partial charge >= 0.3 is 0 Å². The summed E-state index contributed by atoms with van der Waals surface area (Å²) >= 11 is 3.54. The zero-order valence-corrected chi connectivity index (χ0v) is 25.4. The van der Waals surface area contributed by atoms with E-state index in [1.165, 1.54) is 63.5 Å². The number of rotatable bonds is 4. The number of fused-ring (bicyclic) bond motifs is 8. The standard InChI is InChI=1S/C36H30N4S2/c1-3-39-29-11-7-5-9-23(29)25-15-13-21(17-31(25)39)35-37-27-19-34-28(20-33(27)41-35)38-36(42-34)22-14-16-26-24-10-6-8-12-30(24)40(4-2)32(26)18-22/h9-20H,3-8H2,1-2H3. The fraction of sp³-hybridized carbons (Fsp3) is 0.222. The van der Waals surface area contributed by atoms with Gasteiger partial charge in [0.2, 0.25) is 0 Å². The van der Waals surface area contributed by atoms with Crippen LogP contribution in [0.5, 0.6) is 0 Å². The third-order valence-electron chi connectivity index (χ3n) is 9.02. The van der Waals surface area contributed by atoms with E-state index in [1.54, 1.807) is 22.7 Å². The molecule has 0 unspecified atom stereocenters. The van der Waals surface area contributed by atoms with Crippen LogP contribution in [0.15, 0.2) is 48.5 Å². The summed E-state index contributed by atoms with van der Waals surface area (Å²) in [6.07, 6.45) is 14.1. The Bertz CT molecular complexity index is 2280. The lowest BCUT2D eigenvalue weighted by Gasteiger charge is -2.04. The van der Waals surface area contributed by atoms with Gasteiger partial charge in [-0.25, -0.2) is 9.97 Å². The second kappa shape index (κ2) is 9.25. The molecule has 2 aliphatic rings. The van der Waals surface area contributed by atoms with Crippen LogP contribution in [0.4, 0.5) is 0 Å². The average molecular weight is 583 g/mol. The van der Waals surface area contributed by atoms with Crippen LogP contribution in [0.2, 0.25) is 0 Å². The average Bonchev–Trinajstić information content (AvgIpc) is 3.79. The van der Waals surface area contributed by atoms with E-state index in [2.05, 4.69) is 95.8 Å². The van der Waals surface area contributed by atoms with Gasteiger partial charge in [-0.15, -0.1) is 22.7 Å². The summed E-state index contributed by atoms with van der Waals surface area (Å²) in [6, 6.07) is 18.2. The van der Waals surface area contributed by atoms with Gasteiger partial charge in [-0.2, -0.15) is 0 Å². The summed E-state index contributed by atoms with van der Waals surface area (Å²) in [5, 5.41) is 10.4. The molecule has 7 aromatic rings. The minimum absolute atomic E-state index is 0.972. The van der Waals surface area contributed by atoms with E-state index in [0.29, 0.717) is 0 Å². The van der Waals surface area contributed by atoms with Crippen LogP contribution in [0, 0.1) is 0 Å². The van der Waals surface area contributed by atoms with E-state index in [-0.39, 0.29) is 0 Å². The molecule has 0 radical (unpaired) electrons. The van der Waals surface area contributed by atoms with Gasteiger partial charge in [-0.1, -0.05) is 48.6 Å². The summed E-state index contributed by atoms with van der Waals surface area (Å²) in [4.78, 5) is 10.2. The van der Waals surface area contributed by atoms with Gasteiger partial charge < -0.3 is 9.13 Å². The Morgan fingerprint density at radius 3 is 1.50 bits per heavy atom. The first-order chi connectivity index (χ1) is 20.7. The Hall–Kier alpha value is -4.00. The Morgan fingerprint density at radius 2 is 1.05 bits per heavy atom. The first-order valence-corrected chi connectivity index (χ1v) is 16.7. The quantitative estimate of drug-likeness (QED) is 0.226. The molecule has 4 heterocycles. The van der Waals surface area contributed by atoms with Gasteiger partial charge in [0, 0.05) is 67.2 Å². The predicted octanol–water partition coefficient (Wildman–Crippen LogP) is 6.90. The van der Waals surface area contributed by atoms with E-state index in [9.17, 15) is 0 Å². The van der Waals surface area contributed by atoms with Crippen molar-refractivity contribution in [3.05, 3.63) is 69.7 Å². The number of aryl methyl sites for hydroxylation is 2. The van der Waals surface area contributed by atoms with Gasteiger partial charge in [0.1, 0.15) is 10.0 Å². The van der Waals surface area contributed by atoms with E-state index < -0.39 is 0 Å². The molecule has 0 saturated heterocycles. The lowest BCUT2D eigenvalue weighted by atomic mass is 10.1. The maximum Gasteiger partial charge on any atom is 0.124 e. The van der Waals surface area contributed by atoms with Gasteiger partial charge in [-0.3, -0.25) is 0 Å². The van der Waals surface area contributed by atoms with Crippen LogP contribution in [0.3, 0.4) is 0 Å². The van der Waals surface area contributed by atoms with Crippen LogP contribution in [-0.4, -0.2) is 19.1 Å². The van der Waals surface area contributed by atoms with E-state index in [1.807, 2.05) is 0 Å². The summed E-state index contributed by atoms with van der Waals surface area (Å²) in [7, 11) is 0. The molecule has 0 N–H and O–H groups in total. The van der Waals surface area contributed by atoms with Crippen molar-refractivity contribution in [3.8, 4) is 21.1 Å². The highest BCUT2D eigenvalue weighted by Crippen LogP contribution is 2.37. The molecular weight excluding hydrogens is 553 g/mol. The molecule has 9 rings (SSSR count). The zero-order valence-electron chi connectivity index (χ0n) is 23.8. The molecule has 42 heavy (non-hydrogen) atoms. The highest BCUT2D eigenvalue weighted by atomic mass is 32.1. The maximum atomic E-state index is 5.12. The second-order valence-electron chi connectivity index (χ2n) is 11.3. The summed E-state index contributed by atoms with van der Waals surface area (Å²) in [5.74, 6) is 0. The summed E-state index contributed by atoms with van der Waals surface area (Å²) < 4.78 is 7.30. The van der Waals surface area contributed by atoms with E-state index in [4.69, 9.17) is 9.97 Å². The molecule has 0 aliphatic heterocycles. The topological polar surface area (TPSA) is 35.6 Å². The van der Waals surface area contributed by atoms with Crippen molar-refractivity contribution in [2.24, 2.45) is 0 Å². The van der Waals surface area contributed by atoms with Crippen LogP contribution in [-0.2, 0) is 13.1 Å². The van der Waals surface area contributed by atoms with E-state index >= 15 is 0 Å². The predicted molar refractivity (Wildman–Crippen MR) is 181 cm³/mol. The van der Waals surface area contributed by atoms with Crippen LogP contribution in [0.25, 0.3) is 87.7 Å². The number of nitrogens with zero attached hydrogens (tertiary/aromatic N) is 4. The molecule has 2 aliphatic carbocycles. The smallest absolute Gasteiger partial charge is 0.124 e. The van der Waals surface area contributed by atoms with Gasteiger partial charge in [0.15, 0.2) is 0 Å². The molecule has 0 bridgehead atoms. The van der Waals surface area contributed by atoms with Crippen molar-refractivity contribution >= 4 is 89.2 Å². The molecule has 0 saturated carbocycles. The fourth-order valence-electron chi connectivity index (χ4n) is 7.10. The number of hydrogen-bond donors (Lipinski definition) is 0. The fourth-order valence-corrected chi connectivity index (χ4v) is 9.05. The Kier molecular flexibility index (Phi) is 5.41. The number of thiazole rings is 2. The first kappa shape index (κ1) is 24.6. The van der Waals surface area contributed by atoms with Crippen molar-refractivity contribution in [1.82, 2.24) is 19.1 Å². The molecule has 206 valence electrons. The Labute approximate surface area is 250 Å². The molecule has 3 aromatic carbocycles. The van der Waals surface area contributed by atoms with Gasteiger partial charge in [-0.05, 0) is 63.8 Å². The number of benzene rings is 3. The first-order valence-electron chi connectivity index (χ1n) is 15.1. The molecular formula is C36H30N4S2. The van der Waals surface area contributed by atoms with Crippen LogP contribution < -0.4 is 21.1 Å². The number of hydrogen-bond acceptors (Lipinski definition) is 4. The lowest BCUT2D eigenvalue weighted by Crippen LogP contribution is -2.30. The molecule has 0 fully saturated rings. The third-order valence-corrected chi connectivity index (χ3v) is 11.2. The van der Waals surface area contributed by atoms with Crippen molar-refractivity contribution in [2.45, 2.75) is 52.6 Å². The normalized spacial score (nSPS) is 14.5. The molecule has 0 atom stereocenters. The minimum atomic E-state index is 0.972. The van der Waals surface area contributed by atoms with Gasteiger partial charge in [0.05, 0.1) is 20.4 Å². The number of aromatic nitrogens is 4. The molecule has 6 heteroatoms. The molecule has 4 nitrogen and oxygen atoms in total. The molecule has 0 amide bonds. The second-order valence-corrected chi connectivity index (χ2v) is 13.4. The maximum absolute atomic E-state index is 5.12. The monoisotopic (exact) mass is 582 g/mol. The van der Waals surface area contributed by atoms with Crippen molar-refractivity contribution in [3.63, 3.8) is 0 Å². The SMILES string of the molecule is CCn1c2c(c3ccc(-c4nc5cc6sc(-c7ccc8c9c(n(CC)c8c7)=CCCC=9)nc6cc5s4)cc31)=CCCC=2. The summed E-state index contributed by atoms with van der Waals surface area (Å²) in [5.41, 5.74) is 7.11. The van der Waals surface area contributed by atoms with Crippen molar-refractivity contribution in [1.29, 1.82) is 0 Å². The highest BCUT2D eigenvalue weighted by molar-refractivity contribution is 7.23. The highest BCUT2D eigenvalue weighted by Gasteiger charge is 2.16.